The molecule has 10 rings (SSSR count). The summed E-state index contributed by atoms with van der Waals surface area (Å²) in [5.74, 6) is -1.18. The number of ketones is 2. The number of benzene rings is 4. The molecule has 4 atom stereocenters. The van der Waals surface area contributed by atoms with Crippen LogP contribution in [0.4, 0.5) is 17.1 Å². The van der Waals surface area contributed by atoms with E-state index in [-0.39, 0.29) is 35.1 Å². The summed E-state index contributed by atoms with van der Waals surface area (Å²) in [5, 5.41) is 17.4. The van der Waals surface area contributed by atoms with Crippen molar-refractivity contribution >= 4 is 78.0 Å². The van der Waals surface area contributed by atoms with Crippen LogP contribution in [0, 0.1) is 35.5 Å². The molecule has 336 valence electrons. The Morgan fingerprint density at radius 2 is 1.25 bits per heavy atom. The average Bonchev–Trinajstić information content (AvgIpc) is 4.12. The standard InChI is InChI=1S/C25H24N2O4.C17H22N2O4.C10H7Br/c1-31-22-11-19(13-26-23(22)24(28)20-12-21(20)25(29)30)27(14-15-6-7-15)18-9-8-16-4-2-3-5-17(16)10-18;1-3-23-17(21)13-7-12(13)16(20)15-14(22-2)6-11(9-19-15)18-8-10-4-5-10;11-10-6-5-8-3-1-2-4-9(8)7-10/h2-5,8-11,13,15,20-21H,6-7,12,14H2,1H3,(H,29,30);6,9-10,12-13,18H,3-5,7-8H2,1-2H3;1-7H. The summed E-state index contributed by atoms with van der Waals surface area (Å²) in [7, 11) is 3.04. The number of anilines is 3. The Morgan fingerprint density at radius 1 is 0.677 bits per heavy atom. The second kappa shape index (κ2) is 20.2. The van der Waals surface area contributed by atoms with Crippen LogP contribution in [0.2, 0.25) is 0 Å². The zero-order valence-electron chi connectivity index (χ0n) is 36.7. The highest BCUT2D eigenvalue weighted by Gasteiger charge is 2.51. The van der Waals surface area contributed by atoms with Gasteiger partial charge in [-0.1, -0.05) is 76.6 Å². The molecular formula is C52H53BrN4O8. The number of Topliss-reactive ketones (excluding diaryl/α,β-unsaturated/α-hetero) is 2. The van der Waals surface area contributed by atoms with Crippen molar-refractivity contribution in [3.8, 4) is 11.5 Å². The van der Waals surface area contributed by atoms with Crippen molar-refractivity contribution in [1.29, 1.82) is 0 Å². The third kappa shape index (κ3) is 11.3. The lowest BCUT2D eigenvalue weighted by Gasteiger charge is -2.26. The number of hydrogen-bond donors (Lipinski definition) is 2. The molecule has 2 N–H and O–H groups in total. The Bertz CT molecular complexity index is 2720. The number of carbonyl (C=O) groups excluding carboxylic acids is 3. The highest BCUT2D eigenvalue weighted by Crippen LogP contribution is 2.44. The predicted molar refractivity (Wildman–Crippen MR) is 254 cm³/mol. The van der Waals surface area contributed by atoms with Crippen LogP contribution in [-0.2, 0) is 14.3 Å². The Kier molecular flexibility index (Phi) is 14.1. The molecule has 0 aliphatic heterocycles. The fourth-order valence-electron chi connectivity index (χ4n) is 7.92. The fraction of sp³-hybridized carbons (Fsp3) is 0.346. The minimum absolute atomic E-state index is 0.145. The lowest BCUT2D eigenvalue weighted by atomic mass is 10.1. The topological polar surface area (TPSA) is 157 Å². The van der Waals surface area contributed by atoms with E-state index in [2.05, 4.69) is 109 Å². The number of esters is 1. The molecule has 12 nitrogen and oxygen atoms in total. The number of nitrogens with zero attached hydrogens (tertiary/aromatic N) is 3. The van der Waals surface area contributed by atoms with Gasteiger partial charge >= 0.3 is 11.9 Å². The summed E-state index contributed by atoms with van der Waals surface area (Å²) in [6.45, 7) is 3.89. The Balaban J connectivity index is 0.000000148. The van der Waals surface area contributed by atoms with Gasteiger partial charge in [-0.15, -0.1) is 0 Å². The smallest absolute Gasteiger partial charge is 0.309 e. The van der Waals surface area contributed by atoms with Gasteiger partial charge in [-0.3, -0.25) is 19.2 Å². The van der Waals surface area contributed by atoms with Crippen LogP contribution in [0.3, 0.4) is 0 Å². The zero-order chi connectivity index (χ0) is 45.6. The van der Waals surface area contributed by atoms with Crippen molar-refractivity contribution < 1.29 is 38.5 Å². The largest absolute Gasteiger partial charge is 0.494 e. The maximum atomic E-state index is 12.8. The second-order valence-electron chi connectivity index (χ2n) is 17.1. The van der Waals surface area contributed by atoms with Crippen LogP contribution in [0.1, 0.15) is 66.4 Å². The Morgan fingerprint density at radius 3 is 1.85 bits per heavy atom. The van der Waals surface area contributed by atoms with Crippen molar-refractivity contribution in [2.75, 3.05) is 44.1 Å². The number of carboxylic acid groups (broad SMARTS) is 1. The zero-order valence-corrected chi connectivity index (χ0v) is 38.3. The van der Waals surface area contributed by atoms with Gasteiger partial charge in [0.15, 0.2) is 11.6 Å². The molecule has 4 fully saturated rings. The first kappa shape index (κ1) is 45.2. The maximum Gasteiger partial charge on any atom is 0.309 e. The fourth-order valence-corrected chi connectivity index (χ4v) is 8.29. The number of carbonyl (C=O) groups is 4. The number of methoxy groups -OCH3 is 2. The maximum absolute atomic E-state index is 12.8. The van der Waals surface area contributed by atoms with Crippen molar-refractivity contribution in [1.82, 2.24) is 9.97 Å². The minimum atomic E-state index is -0.930. The number of aromatic nitrogens is 2. The Hall–Kier alpha value is -6.34. The van der Waals surface area contributed by atoms with E-state index in [1.54, 1.807) is 25.4 Å². The van der Waals surface area contributed by atoms with Crippen LogP contribution in [-0.4, -0.2) is 72.5 Å². The number of rotatable bonds is 16. The first-order valence-corrected chi connectivity index (χ1v) is 23.0. The van der Waals surface area contributed by atoms with E-state index in [0.717, 1.165) is 40.5 Å². The average molecular weight is 942 g/mol. The first-order valence-electron chi connectivity index (χ1n) is 22.3. The van der Waals surface area contributed by atoms with Gasteiger partial charge in [0, 0.05) is 47.2 Å². The third-order valence-corrected chi connectivity index (χ3v) is 12.7. The molecule has 6 aromatic rings. The number of hydrogen-bond acceptors (Lipinski definition) is 11. The van der Waals surface area contributed by atoms with Gasteiger partial charge in [0.2, 0.25) is 0 Å². The molecule has 4 aliphatic carbocycles. The molecule has 2 aromatic heterocycles. The number of nitrogens with one attached hydrogen (secondary N) is 1. The van der Waals surface area contributed by atoms with E-state index in [1.807, 2.05) is 18.2 Å². The van der Waals surface area contributed by atoms with Gasteiger partial charge in [0.25, 0.3) is 0 Å². The summed E-state index contributed by atoms with van der Waals surface area (Å²) >= 11 is 3.43. The Labute approximate surface area is 386 Å². The number of fused-ring (bicyclic) bond motifs is 2. The molecule has 13 heteroatoms. The summed E-state index contributed by atoms with van der Waals surface area (Å²) < 4.78 is 16.9. The second-order valence-corrected chi connectivity index (χ2v) is 18.1. The lowest BCUT2D eigenvalue weighted by Crippen LogP contribution is -2.21. The minimum Gasteiger partial charge on any atom is -0.494 e. The first-order chi connectivity index (χ1) is 31.5. The number of aliphatic carboxylic acids is 1. The van der Waals surface area contributed by atoms with Crippen LogP contribution in [0.15, 0.2) is 114 Å². The molecule has 0 spiro atoms. The monoisotopic (exact) mass is 940 g/mol. The van der Waals surface area contributed by atoms with E-state index in [4.69, 9.17) is 19.3 Å². The van der Waals surface area contributed by atoms with Crippen LogP contribution in [0.5, 0.6) is 11.5 Å². The molecule has 4 aliphatic rings. The van der Waals surface area contributed by atoms with Crippen LogP contribution >= 0.6 is 15.9 Å². The molecule has 0 bridgehead atoms. The molecule has 4 saturated carbocycles. The van der Waals surface area contributed by atoms with E-state index in [1.165, 1.54) is 61.4 Å². The summed E-state index contributed by atoms with van der Waals surface area (Å²) in [5.41, 5.74) is 3.29. The number of pyridine rings is 2. The van der Waals surface area contributed by atoms with E-state index in [9.17, 15) is 19.2 Å². The quantitative estimate of drug-likeness (QED) is 0.0700. The van der Waals surface area contributed by atoms with Crippen molar-refractivity contribution in [3.05, 3.63) is 125 Å². The van der Waals surface area contributed by atoms with Gasteiger partial charge in [0.1, 0.15) is 22.9 Å². The van der Waals surface area contributed by atoms with Crippen molar-refractivity contribution in [2.45, 2.75) is 45.4 Å². The number of carboxylic acids is 1. The molecule has 65 heavy (non-hydrogen) atoms. The van der Waals surface area contributed by atoms with Crippen molar-refractivity contribution in [2.24, 2.45) is 35.5 Å². The number of halogens is 1. The molecule has 2 heterocycles. The van der Waals surface area contributed by atoms with E-state index < -0.39 is 17.8 Å². The molecular weight excluding hydrogens is 888 g/mol. The third-order valence-electron chi connectivity index (χ3n) is 12.3. The van der Waals surface area contributed by atoms with Gasteiger partial charge in [0.05, 0.1) is 56.4 Å². The SMILES string of the molecule is Brc1ccc2ccccc2c1.CCOC(=O)C1CC1C(=O)c1ncc(NCC2CC2)cc1OC.COc1cc(N(CC2CC2)c2ccc3ccccc3c2)cnc1C(=O)C1CC1C(=O)O. The lowest BCUT2D eigenvalue weighted by molar-refractivity contribution is -0.145. The predicted octanol–water partition coefficient (Wildman–Crippen LogP) is 10.6. The van der Waals surface area contributed by atoms with Crippen LogP contribution in [0.25, 0.3) is 21.5 Å². The van der Waals surface area contributed by atoms with E-state index >= 15 is 0 Å². The van der Waals surface area contributed by atoms with Gasteiger partial charge < -0.3 is 29.5 Å². The highest BCUT2D eigenvalue weighted by molar-refractivity contribution is 9.10. The highest BCUT2D eigenvalue weighted by atomic mass is 79.9. The van der Waals surface area contributed by atoms with Gasteiger partial charge in [-0.05, 0) is 103 Å². The van der Waals surface area contributed by atoms with Gasteiger partial charge in [-0.25, -0.2) is 9.97 Å². The molecule has 4 aromatic carbocycles. The normalized spacial score (nSPS) is 19.1. The number of ether oxygens (including phenoxy) is 3. The summed E-state index contributed by atoms with van der Waals surface area (Å²) in [6.07, 6.45) is 9.21. The van der Waals surface area contributed by atoms with Crippen molar-refractivity contribution in [3.63, 3.8) is 0 Å². The molecule has 4 unspecified atom stereocenters. The summed E-state index contributed by atoms with van der Waals surface area (Å²) in [6, 6.07) is 32.9. The van der Waals surface area contributed by atoms with Crippen LogP contribution < -0.4 is 19.7 Å². The molecule has 0 amide bonds. The molecule has 0 radical (unpaired) electrons. The van der Waals surface area contributed by atoms with Gasteiger partial charge in [-0.2, -0.15) is 0 Å². The summed E-state index contributed by atoms with van der Waals surface area (Å²) in [4.78, 5) is 59.0. The molecule has 0 saturated heterocycles. The van der Waals surface area contributed by atoms with E-state index in [0.29, 0.717) is 42.6 Å².